The van der Waals surface area contributed by atoms with Crippen LogP contribution in [-0.4, -0.2) is 44.5 Å². The molecule has 1 aromatic heterocycles. The van der Waals surface area contributed by atoms with Gasteiger partial charge in [-0.25, -0.2) is 18.4 Å². The first kappa shape index (κ1) is 20.9. The van der Waals surface area contributed by atoms with Crippen molar-refractivity contribution in [3.05, 3.63) is 15.6 Å². The Morgan fingerprint density at radius 2 is 1.96 bits per heavy atom. The van der Waals surface area contributed by atoms with Crippen molar-refractivity contribution < 1.29 is 8.42 Å². The second kappa shape index (κ2) is 8.80. The van der Waals surface area contributed by atoms with Crippen molar-refractivity contribution in [3.63, 3.8) is 0 Å². The van der Waals surface area contributed by atoms with Crippen LogP contribution in [0.1, 0.15) is 42.8 Å². The number of rotatable bonds is 8. The molecule has 6 nitrogen and oxygen atoms in total. The molecular weight excluding hydrogens is 344 g/mol. The molecular formula is C16H30N4O2S2. The smallest absolute Gasteiger partial charge is 0.191 e. The maximum atomic E-state index is 11.3. The quantitative estimate of drug-likeness (QED) is 0.539. The molecule has 0 fully saturated rings. The lowest BCUT2D eigenvalue weighted by Crippen LogP contribution is -2.42. The van der Waals surface area contributed by atoms with Crippen molar-refractivity contribution in [2.24, 2.45) is 10.4 Å². The third-order valence-corrected chi connectivity index (χ3v) is 5.68. The molecule has 0 aliphatic heterocycles. The Kier molecular flexibility index (Phi) is 7.66. The number of nitrogens with one attached hydrogen (secondary N) is 2. The van der Waals surface area contributed by atoms with Gasteiger partial charge < -0.3 is 10.6 Å². The van der Waals surface area contributed by atoms with Crippen molar-refractivity contribution in [1.82, 2.24) is 15.6 Å². The van der Waals surface area contributed by atoms with Gasteiger partial charge in [0.25, 0.3) is 0 Å². The molecule has 0 unspecified atom stereocenters. The fraction of sp³-hybridized carbons (Fsp3) is 0.750. The number of hydrogen-bond acceptors (Lipinski definition) is 5. The molecule has 1 aromatic rings. The Morgan fingerprint density at radius 3 is 2.46 bits per heavy atom. The molecule has 0 spiro atoms. The number of guanidine groups is 1. The van der Waals surface area contributed by atoms with E-state index < -0.39 is 9.84 Å². The Morgan fingerprint density at radius 1 is 1.29 bits per heavy atom. The summed E-state index contributed by atoms with van der Waals surface area (Å²) < 4.78 is 22.7. The first-order valence-corrected chi connectivity index (χ1v) is 11.0. The minimum Gasteiger partial charge on any atom is -0.357 e. The van der Waals surface area contributed by atoms with E-state index in [2.05, 4.69) is 41.4 Å². The zero-order valence-electron chi connectivity index (χ0n) is 15.6. The SMILES string of the molecule is CCNC(=NCc1nc(C)c(C)s1)NCC(C)(C)CCS(C)(=O)=O. The lowest BCUT2D eigenvalue weighted by molar-refractivity contribution is 0.348. The molecule has 0 aliphatic carbocycles. The highest BCUT2D eigenvalue weighted by Gasteiger charge is 2.20. The van der Waals surface area contributed by atoms with E-state index in [0.29, 0.717) is 19.5 Å². The largest absolute Gasteiger partial charge is 0.357 e. The molecule has 2 N–H and O–H groups in total. The third-order valence-electron chi connectivity index (χ3n) is 3.67. The summed E-state index contributed by atoms with van der Waals surface area (Å²) in [5.74, 6) is 0.933. The predicted molar refractivity (Wildman–Crippen MR) is 103 cm³/mol. The third kappa shape index (κ3) is 8.10. The first-order chi connectivity index (χ1) is 11.0. The molecule has 24 heavy (non-hydrogen) atoms. The standard InChI is InChI=1S/C16H30N4O2S2/c1-7-17-15(18-10-14-20-12(2)13(3)23-14)19-11-16(4,5)8-9-24(6,21)22/h7-11H2,1-6H3,(H2,17,18,19). The van der Waals surface area contributed by atoms with Gasteiger partial charge in [0.15, 0.2) is 5.96 Å². The average molecular weight is 375 g/mol. The average Bonchev–Trinajstić information content (AvgIpc) is 2.78. The summed E-state index contributed by atoms with van der Waals surface area (Å²) in [7, 11) is -2.93. The van der Waals surface area contributed by atoms with E-state index in [1.807, 2.05) is 13.8 Å². The number of aromatic nitrogens is 1. The minimum atomic E-state index is -2.93. The summed E-state index contributed by atoms with van der Waals surface area (Å²) in [6.07, 6.45) is 1.89. The highest BCUT2D eigenvalue weighted by molar-refractivity contribution is 7.90. The van der Waals surface area contributed by atoms with Gasteiger partial charge in [-0.2, -0.15) is 0 Å². The van der Waals surface area contributed by atoms with Gasteiger partial charge in [-0.3, -0.25) is 0 Å². The van der Waals surface area contributed by atoms with Crippen LogP contribution in [0.3, 0.4) is 0 Å². The zero-order chi connectivity index (χ0) is 18.4. The minimum absolute atomic E-state index is 0.131. The van der Waals surface area contributed by atoms with Crippen molar-refractivity contribution in [2.45, 2.75) is 47.6 Å². The van der Waals surface area contributed by atoms with Crippen LogP contribution in [0, 0.1) is 19.3 Å². The lowest BCUT2D eigenvalue weighted by Gasteiger charge is -2.25. The summed E-state index contributed by atoms with van der Waals surface area (Å²) >= 11 is 1.67. The van der Waals surface area contributed by atoms with Crippen LogP contribution in [0.2, 0.25) is 0 Å². The fourth-order valence-electron chi connectivity index (χ4n) is 1.97. The number of thiazole rings is 1. The summed E-state index contributed by atoms with van der Waals surface area (Å²) in [6, 6.07) is 0. The fourth-order valence-corrected chi connectivity index (χ4v) is 3.75. The van der Waals surface area contributed by atoms with Crippen LogP contribution in [0.25, 0.3) is 0 Å². The summed E-state index contributed by atoms with van der Waals surface area (Å²) in [5.41, 5.74) is 0.929. The van der Waals surface area contributed by atoms with Crippen LogP contribution < -0.4 is 10.6 Å². The van der Waals surface area contributed by atoms with Crippen LogP contribution >= 0.6 is 11.3 Å². The highest BCUT2D eigenvalue weighted by atomic mass is 32.2. The highest BCUT2D eigenvalue weighted by Crippen LogP contribution is 2.20. The summed E-state index contributed by atoms with van der Waals surface area (Å²) in [4.78, 5) is 10.3. The molecule has 0 saturated carbocycles. The molecule has 1 rings (SSSR count). The molecule has 0 bridgehead atoms. The van der Waals surface area contributed by atoms with Gasteiger partial charge >= 0.3 is 0 Å². The monoisotopic (exact) mass is 374 g/mol. The van der Waals surface area contributed by atoms with E-state index >= 15 is 0 Å². The number of aliphatic imine (C=N–C) groups is 1. The van der Waals surface area contributed by atoms with Crippen LogP contribution in [-0.2, 0) is 16.4 Å². The van der Waals surface area contributed by atoms with E-state index in [-0.39, 0.29) is 11.2 Å². The van der Waals surface area contributed by atoms with Gasteiger partial charge in [-0.05, 0) is 32.6 Å². The van der Waals surface area contributed by atoms with Gasteiger partial charge in [0.05, 0.1) is 18.0 Å². The van der Waals surface area contributed by atoms with E-state index in [0.717, 1.165) is 23.2 Å². The zero-order valence-corrected chi connectivity index (χ0v) is 17.2. The molecule has 0 aromatic carbocycles. The van der Waals surface area contributed by atoms with Crippen LogP contribution in [0.4, 0.5) is 0 Å². The second-order valence-corrected chi connectivity index (χ2v) is 10.4. The topological polar surface area (TPSA) is 83.4 Å². The van der Waals surface area contributed by atoms with Crippen LogP contribution in [0.15, 0.2) is 4.99 Å². The van der Waals surface area contributed by atoms with Gasteiger partial charge in [0, 0.05) is 24.2 Å². The van der Waals surface area contributed by atoms with Gasteiger partial charge in [0.2, 0.25) is 0 Å². The molecule has 0 aliphatic rings. The van der Waals surface area contributed by atoms with Crippen molar-refractivity contribution in [2.75, 3.05) is 25.1 Å². The number of aryl methyl sites for hydroxylation is 2. The summed E-state index contributed by atoms with van der Waals surface area (Å²) in [6.45, 7) is 12.2. The van der Waals surface area contributed by atoms with Crippen molar-refractivity contribution >= 4 is 27.1 Å². The van der Waals surface area contributed by atoms with E-state index in [4.69, 9.17) is 0 Å². The molecule has 8 heteroatoms. The molecule has 138 valence electrons. The number of nitrogens with zero attached hydrogens (tertiary/aromatic N) is 2. The van der Waals surface area contributed by atoms with E-state index in [1.54, 1.807) is 11.3 Å². The number of hydrogen-bond donors (Lipinski definition) is 2. The van der Waals surface area contributed by atoms with Gasteiger partial charge in [0.1, 0.15) is 14.8 Å². The van der Waals surface area contributed by atoms with Crippen LogP contribution in [0.5, 0.6) is 0 Å². The number of sulfone groups is 1. The maximum absolute atomic E-state index is 11.3. The molecule has 1 heterocycles. The molecule has 0 saturated heterocycles. The second-order valence-electron chi connectivity index (χ2n) is 6.84. The Bertz CT molecular complexity index is 644. The molecule has 0 radical (unpaired) electrons. The maximum Gasteiger partial charge on any atom is 0.191 e. The van der Waals surface area contributed by atoms with Crippen molar-refractivity contribution in [1.29, 1.82) is 0 Å². The van der Waals surface area contributed by atoms with E-state index in [1.165, 1.54) is 11.1 Å². The van der Waals surface area contributed by atoms with E-state index in [9.17, 15) is 8.42 Å². The van der Waals surface area contributed by atoms with Gasteiger partial charge in [-0.15, -0.1) is 11.3 Å². The van der Waals surface area contributed by atoms with Crippen molar-refractivity contribution in [3.8, 4) is 0 Å². The normalized spacial score (nSPS) is 13.2. The predicted octanol–water partition coefficient (Wildman–Crippen LogP) is 2.28. The first-order valence-electron chi connectivity index (χ1n) is 8.15. The lowest BCUT2D eigenvalue weighted by atomic mass is 9.90. The Balaban J connectivity index is 2.62. The Labute approximate surface area is 150 Å². The molecule has 0 amide bonds. The molecule has 0 atom stereocenters. The van der Waals surface area contributed by atoms with Gasteiger partial charge in [-0.1, -0.05) is 13.8 Å². The Hall–Kier alpha value is -1.15. The summed E-state index contributed by atoms with van der Waals surface area (Å²) in [5, 5.41) is 7.53.